The number of aryl methyl sites for hydroxylation is 1. The van der Waals surface area contributed by atoms with Crippen molar-refractivity contribution >= 4 is 0 Å². The first kappa shape index (κ1) is 11.9. The highest BCUT2D eigenvalue weighted by molar-refractivity contribution is 5.03. The molecule has 0 saturated carbocycles. The van der Waals surface area contributed by atoms with Gasteiger partial charge in [-0.2, -0.15) is 5.10 Å². The van der Waals surface area contributed by atoms with Crippen LogP contribution in [0.4, 0.5) is 0 Å². The molecule has 5 nitrogen and oxygen atoms in total. The van der Waals surface area contributed by atoms with Gasteiger partial charge in [-0.3, -0.25) is 4.68 Å². The maximum absolute atomic E-state index is 5.02. The summed E-state index contributed by atoms with van der Waals surface area (Å²) in [4.78, 5) is 0. The summed E-state index contributed by atoms with van der Waals surface area (Å²) in [6.45, 7) is 6.88. The second-order valence-electron chi connectivity index (χ2n) is 4.33. The highest BCUT2D eigenvalue weighted by Crippen LogP contribution is 2.10. The molecule has 0 fully saturated rings. The molecule has 5 heteroatoms. The van der Waals surface area contributed by atoms with E-state index in [-0.39, 0.29) is 0 Å². The third kappa shape index (κ3) is 2.94. The molecule has 2 atom stereocenters. The van der Waals surface area contributed by atoms with Gasteiger partial charge in [0.2, 0.25) is 0 Å². The SMILES string of the molecule is Cc1cc(CN[C@H](C)[C@H](C)n2cccn2)no1. The Morgan fingerprint density at radius 2 is 2.29 bits per heavy atom. The van der Waals surface area contributed by atoms with Gasteiger partial charge in [-0.05, 0) is 26.8 Å². The fraction of sp³-hybridized carbons (Fsp3) is 0.500. The largest absolute Gasteiger partial charge is 0.361 e. The maximum atomic E-state index is 5.02. The van der Waals surface area contributed by atoms with Crippen LogP contribution >= 0.6 is 0 Å². The summed E-state index contributed by atoms with van der Waals surface area (Å²) in [5.74, 6) is 0.842. The van der Waals surface area contributed by atoms with Crippen LogP contribution in [0.3, 0.4) is 0 Å². The Morgan fingerprint density at radius 1 is 1.47 bits per heavy atom. The summed E-state index contributed by atoms with van der Waals surface area (Å²) in [6.07, 6.45) is 3.77. The standard InChI is InChI=1S/C12H18N4O/c1-9-7-12(15-17-9)8-13-10(2)11(3)16-6-4-5-14-16/h4-7,10-11,13H,8H2,1-3H3/t10-,11+/m1/s1. The molecule has 0 aliphatic carbocycles. The van der Waals surface area contributed by atoms with Crippen molar-refractivity contribution in [3.05, 3.63) is 36.0 Å². The molecule has 2 rings (SSSR count). The van der Waals surface area contributed by atoms with Crippen LogP contribution in [0.1, 0.15) is 31.3 Å². The van der Waals surface area contributed by atoms with Crippen LogP contribution < -0.4 is 5.32 Å². The summed E-state index contributed by atoms with van der Waals surface area (Å²) < 4.78 is 6.97. The molecule has 17 heavy (non-hydrogen) atoms. The van der Waals surface area contributed by atoms with Gasteiger partial charge in [-0.25, -0.2) is 0 Å². The Morgan fingerprint density at radius 3 is 2.88 bits per heavy atom. The van der Waals surface area contributed by atoms with E-state index in [0.717, 1.165) is 11.5 Å². The molecule has 0 unspecified atom stereocenters. The first-order chi connectivity index (χ1) is 8.16. The first-order valence-electron chi connectivity index (χ1n) is 5.81. The van der Waals surface area contributed by atoms with E-state index < -0.39 is 0 Å². The van der Waals surface area contributed by atoms with Crippen molar-refractivity contribution < 1.29 is 4.52 Å². The van der Waals surface area contributed by atoms with Crippen molar-refractivity contribution in [2.24, 2.45) is 0 Å². The number of hydrogen-bond acceptors (Lipinski definition) is 4. The van der Waals surface area contributed by atoms with E-state index in [1.807, 2.05) is 29.9 Å². The Kier molecular flexibility index (Phi) is 3.58. The number of rotatable bonds is 5. The van der Waals surface area contributed by atoms with Crippen molar-refractivity contribution in [1.29, 1.82) is 0 Å². The molecule has 0 spiro atoms. The zero-order valence-electron chi connectivity index (χ0n) is 10.4. The summed E-state index contributed by atoms with van der Waals surface area (Å²) in [6, 6.07) is 4.49. The average Bonchev–Trinajstić information content (AvgIpc) is 2.95. The number of nitrogens with one attached hydrogen (secondary N) is 1. The summed E-state index contributed by atoms with van der Waals surface area (Å²) >= 11 is 0. The van der Waals surface area contributed by atoms with E-state index in [4.69, 9.17) is 4.52 Å². The molecular formula is C12H18N4O. The van der Waals surface area contributed by atoms with E-state index in [2.05, 4.69) is 29.4 Å². The topological polar surface area (TPSA) is 55.9 Å². The molecule has 0 aromatic carbocycles. The normalized spacial score (nSPS) is 14.8. The lowest BCUT2D eigenvalue weighted by Gasteiger charge is -2.21. The minimum absolute atomic E-state index is 0.304. The molecule has 0 bridgehead atoms. The second-order valence-corrected chi connectivity index (χ2v) is 4.33. The van der Waals surface area contributed by atoms with E-state index in [1.54, 1.807) is 6.20 Å². The van der Waals surface area contributed by atoms with Gasteiger partial charge in [-0.15, -0.1) is 0 Å². The lowest BCUT2D eigenvalue weighted by molar-refractivity contribution is 0.353. The summed E-state index contributed by atoms with van der Waals surface area (Å²) in [5.41, 5.74) is 0.932. The lowest BCUT2D eigenvalue weighted by atomic mass is 10.1. The van der Waals surface area contributed by atoms with Gasteiger partial charge in [0.15, 0.2) is 0 Å². The van der Waals surface area contributed by atoms with Crippen LogP contribution in [0.25, 0.3) is 0 Å². The third-order valence-corrected chi connectivity index (χ3v) is 2.95. The Balaban J connectivity index is 1.87. The molecule has 92 valence electrons. The molecule has 1 N–H and O–H groups in total. The molecule has 2 aromatic heterocycles. The monoisotopic (exact) mass is 234 g/mol. The number of nitrogens with zero attached hydrogens (tertiary/aromatic N) is 3. The van der Waals surface area contributed by atoms with E-state index in [0.29, 0.717) is 18.6 Å². The van der Waals surface area contributed by atoms with Gasteiger partial charge >= 0.3 is 0 Å². The predicted octanol–water partition coefficient (Wildman–Crippen LogP) is 1.92. The van der Waals surface area contributed by atoms with Gasteiger partial charge < -0.3 is 9.84 Å². The molecule has 0 radical (unpaired) electrons. The molecular weight excluding hydrogens is 216 g/mol. The van der Waals surface area contributed by atoms with Gasteiger partial charge in [0.05, 0.1) is 11.7 Å². The number of aromatic nitrogens is 3. The Bertz CT molecular complexity index is 449. The van der Waals surface area contributed by atoms with Crippen LogP contribution in [0.5, 0.6) is 0 Å². The first-order valence-corrected chi connectivity index (χ1v) is 5.81. The Labute approximate surface area is 101 Å². The number of hydrogen-bond donors (Lipinski definition) is 1. The Hall–Kier alpha value is -1.62. The minimum Gasteiger partial charge on any atom is -0.361 e. The van der Waals surface area contributed by atoms with Crippen LogP contribution in [0.2, 0.25) is 0 Å². The van der Waals surface area contributed by atoms with Gasteiger partial charge in [0, 0.05) is 31.0 Å². The highest BCUT2D eigenvalue weighted by Gasteiger charge is 2.14. The lowest BCUT2D eigenvalue weighted by Crippen LogP contribution is -2.33. The predicted molar refractivity (Wildman–Crippen MR) is 64.5 cm³/mol. The average molecular weight is 234 g/mol. The van der Waals surface area contributed by atoms with Crippen LogP contribution in [0, 0.1) is 6.92 Å². The molecule has 2 aromatic rings. The second kappa shape index (κ2) is 5.14. The smallest absolute Gasteiger partial charge is 0.133 e. The highest BCUT2D eigenvalue weighted by atomic mass is 16.5. The van der Waals surface area contributed by atoms with Crippen LogP contribution in [-0.4, -0.2) is 21.0 Å². The van der Waals surface area contributed by atoms with E-state index in [1.165, 1.54) is 0 Å². The van der Waals surface area contributed by atoms with Gasteiger partial charge in [0.1, 0.15) is 5.76 Å². The molecule has 0 aliphatic rings. The molecule has 0 saturated heterocycles. The molecule has 0 aliphatic heterocycles. The third-order valence-electron chi connectivity index (χ3n) is 2.95. The fourth-order valence-electron chi connectivity index (χ4n) is 1.69. The van der Waals surface area contributed by atoms with Crippen molar-refractivity contribution in [1.82, 2.24) is 20.3 Å². The van der Waals surface area contributed by atoms with Crippen LogP contribution in [-0.2, 0) is 6.54 Å². The quantitative estimate of drug-likeness (QED) is 0.858. The van der Waals surface area contributed by atoms with Gasteiger partial charge in [0.25, 0.3) is 0 Å². The van der Waals surface area contributed by atoms with Crippen molar-refractivity contribution in [3.63, 3.8) is 0 Å². The van der Waals surface area contributed by atoms with Crippen LogP contribution in [0.15, 0.2) is 29.0 Å². The molecule has 0 amide bonds. The summed E-state index contributed by atoms with van der Waals surface area (Å²) in [5, 5.41) is 11.6. The van der Waals surface area contributed by atoms with Crippen molar-refractivity contribution in [2.45, 2.75) is 39.4 Å². The van der Waals surface area contributed by atoms with Crippen molar-refractivity contribution in [2.75, 3.05) is 0 Å². The van der Waals surface area contributed by atoms with Gasteiger partial charge in [-0.1, -0.05) is 5.16 Å². The fourth-order valence-corrected chi connectivity index (χ4v) is 1.69. The molecule has 2 heterocycles. The summed E-state index contributed by atoms with van der Waals surface area (Å²) in [7, 11) is 0. The zero-order valence-corrected chi connectivity index (χ0v) is 10.4. The maximum Gasteiger partial charge on any atom is 0.133 e. The zero-order chi connectivity index (χ0) is 12.3. The van der Waals surface area contributed by atoms with Crippen molar-refractivity contribution in [3.8, 4) is 0 Å². The van der Waals surface area contributed by atoms with E-state index >= 15 is 0 Å². The minimum atomic E-state index is 0.304. The van der Waals surface area contributed by atoms with E-state index in [9.17, 15) is 0 Å².